The predicted octanol–water partition coefficient (Wildman–Crippen LogP) is 1.25. The maximum atomic E-state index is 13.4. The molecule has 0 radical (unpaired) electrons. The van der Waals surface area contributed by atoms with E-state index < -0.39 is 37.7 Å². The average molecular weight is 351 g/mol. The summed E-state index contributed by atoms with van der Waals surface area (Å²) in [5.41, 5.74) is -0.643. The molecule has 0 spiro atoms. The number of carbonyl (C=O) groups excluding carboxylic acids is 1. The summed E-state index contributed by atoms with van der Waals surface area (Å²) in [6, 6.07) is 1.81. The number of pyridine rings is 1. The number of sulfonamides is 1. The van der Waals surface area contributed by atoms with Gasteiger partial charge in [-0.3, -0.25) is 4.79 Å². The number of rotatable bonds is 3. The molecule has 0 unspecified atom stereocenters. The second-order valence-electron chi connectivity index (χ2n) is 4.24. The number of amides is 1. The highest BCUT2D eigenvalue weighted by Gasteiger charge is 2.25. The molecule has 7 nitrogen and oxygen atoms in total. The molecule has 2 heterocycles. The fourth-order valence-corrected chi connectivity index (χ4v) is 2.96. The third kappa shape index (κ3) is 3.08. The van der Waals surface area contributed by atoms with E-state index in [-0.39, 0.29) is 11.4 Å². The maximum Gasteiger partial charge on any atom is 0.274 e. The summed E-state index contributed by atoms with van der Waals surface area (Å²) in [7, 11) is -2.77. The Morgan fingerprint density at radius 3 is 2.55 bits per heavy atom. The Morgan fingerprint density at radius 2 is 2.05 bits per heavy atom. The fraction of sp³-hybridized carbons (Fsp3) is 0.0909. The highest BCUT2D eigenvalue weighted by atomic mass is 35.5. The summed E-state index contributed by atoms with van der Waals surface area (Å²) in [6.45, 7) is 0. The van der Waals surface area contributed by atoms with Crippen LogP contribution in [0, 0.1) is 11.9 Å². The van der Waals surface area contributed by atoms with Gasteiger partial charge in [-0.05, 0) is 12.1 Å². The zero-order valence-corrected chi connectivity index (χ0v) is 12.5. The van der Waals surface area contributed by atoms with Gasteiger partial charge < -0.3 is 9.88 Å². The molecule has 2 aromatic rings. The lowest BCUT2D eigenvalue weighted by atomic mass is 10.3. The fourth-order valence-electron chi connectivity index (χ4n) is 1.71. The van der Waals surface area contributed by atoms with Gasteiger partial charge in [0.2, 0.25) is 21.9 Å². The van der Waals surface area contributed by atoms with Crippen molar-refractivity contribution >= 4 is 33.2 Å². The standard InChI is InChI=1S/C11H9ClF2N4O3S/c1-18-4-6(22(15,20)21)8(12)9(18)11(19)16-5-2-3-7(13)17-10(5)14/h2-4H,1H3,(H,16,19)(H2,15,20,21). The molecule has 0 aromatic carbocycles. The molecule has 0 aliphatic carbocycles. The van der Waals surface area contributed by atoms with Crippen molar-refractivity contribution in [2.24, 2.45) is 12.2 Å². The Bertz CT molecular complexity index is 866. The Morgan fingerprint density at radius 1 is 1.41 bits per heavy atom. The summed E-state index contributed by atoms with van der Waals surface area (Å²) in [6.07, 6.45) is 1.05. The number of halogens is 3. The summed E-state index contributed by atoms with van der Waals surface area (Å²) < 4.78 is 49.9. The van der Waals surface area contributed by atoms with Gasteiger partial charge in [-0.2, -0.15) is 13.8 Å². The smallest absolute Gasteiger partial charge is 0.274 e. The minimum atomic E-state index is -4.12. The largest absolute Gasteiger partial charge is 0.344 e. The summed E-state index contributed by atoms with van der Waals surface area (Å²) >= 11 is 5.83. The minimum absolute atomic E-state index is 0.255. The number of aryl methyl sites for hydroxylation is 1. The molecule has 0 atom stereocenters. The van der Waals surface area contributed by atoms with Crippen molar-refractivity contribution in [3.05, 3.63) is 40.9 Å². The third-order valence-electron chi connectivity index (χ3n) is 2.67. The van der Waals surface area contributed by atoms with E-state index in [1.165, 1.54) is 7.05 Å². The number of hydrogen-bond acceptors (Lipinski definition) is 4. The molecule has 1 amide bonds. The summed E-state index contributed by atoms with van der Waals surface area (Å²) in [4.78, 5) is 14.6. The number of nitrogens with zero attached hydrogens (tertiary/aromatic N) is 2. The van der Waals surface area contributed by atoms with Crippen molar-refractivity contribution in [2.45, 2.75) is 4.90 Å². The van der Waals surface area contributed by atoms with Crippen LogP contribution in [0.15, 0.2) is 23.2 Å². The van der Waals surface area contributed by atoms with Crippen molar-refractivity contribution in [3.63, 3.8) is 0 Å². The number of anilines is 1. The third-order valence-corrected chi connectivity index (χ3v) is 4.09. The monoisotopic (exact) mass is 350 g/mol. The van der Waals surface area contributed by atoms with Gasteiger partial charge in [0.15, 0.2) is 0 Å². The molecule has 0 aliphatic rings. The van der Waals surface area contributed by atoms with Gasteiger partial charge in [0, 0.05) is 13.2 Å². The van der Waals surface area contributed by atoms with E-state index in [4.69, 9.17) is 16.7 Å². The van der Waals surface area contributed by atoms with Crippen LogP contribution in [0.3, 0.4) is 0 Å². The van der Waals surface area contributed by atoms with Crippen LogP contribution < -0.4 is 10.5 Å². The summed E-state index contributed by atoms with van der Waals surface area (Å²) in [5.74, 6) is -3.19. The van der Waals surface area contributed by atoms with E-state index in [2.05, 4.69) is 10.3 Å². The zero-order chi connectivity index (χ0) is 16.7. The van der Waals surface area contributed by atoms with Crippen LogP contribution in [0.25, 0.3) is 0 Å². The second-order valence-corrected chi connectivity index (χ2v) is 6.15. The van der Waals surface area contributed by atoms with Crippen molar-refractivity contribution in [3.8, 4) is 0 Å². The van der Waals surface area contributed by atoms with Gasteiger partial charge >= 0.3 is 0 Å². The first-order chi connectivity index (χ1) is 10.1. The van der Waals surface area contributed by atoms with Crippen molar-refractivity contribution < 1.29 is 22.0 Å². The lowest BCUT2D eigenvalue weighted by molar-refractivity contribution is 0.101. The van der Waals surface area contributed by atoms with Crippen LogP contribution >= 0.6 is 11.6 Å². The first kappa shape index (κ1) is 16.3. The van der Waals surface area contributed by atoms with E-state index in [1.807, 2.05) is 0 Å². The Labute approximate surface area is 128 Å². The van der Waals surface area contributed by atoms with Gasteiger partial charge in [-0.25, -0.2) is 13.6 Å². The van der Waals surface area contributed by atoms with Gasteiger partial charge in [-0.15, -0.1) is 0 Å². The molecular weight excluding hydrogens is 342 g/mol. The highest BCUT2D eigenvalue weighted by molar-refractivity contribution is 7.89. The SMILES string of the molecule is Cn1cc(S(N)(=O)=O)c(Cl)c1C(=O)Nc1ccc(F)nc1F. The van der Waals surface area contributed by atoms with Crippen molar-refractivity contribution in [1.82, 2.24) is 9.55 Å². The second kappa shape index (κ2) is 5.63. The molecule has 0 bridgehead atoms. The number of hydrogen-bond donors (Lipinski definition) is 2. The molecule has 0 saturated heterocycles. The van der Waals surface area contributed by atoms with Crippen LogP contribution in [0.5, 0.6) is 0 Å². The molecule has 118 valence electrons. The number of aromatic nitrogens is 2. The van der Waals surface area contributed by atoms with Crippen LogP contribution in [0.2, 0.25) is 5.02 Å². The molecule has 0 saturated carbocycles. The number of primary sulfonamides is 1. The molecule has 0 aliphatic heterocycles. The molecule has 2 rings (SSSR count). The lowest BCUT2D eigenvalue weighted by Crippen LogP contribution is -2.17. The quantitative estimate of drug-likeness (QED) is 0.812. The van der Waals surface area contributed by atoms with E-state index in [0.29, 0.717) is 0 Å². The van der Waals surface area contributed by atoms with Gasteiger partial charge in [0.05, 0.1) is 10.7 Å². The van der Waals surface area contributed by atoms with Crippen LogP contribution in [0.4, 0.5) is 14.5 Å². The topological polar surface area (TPSA) is 107 Å². The normalized spacial score (nSPS) is 11.5. The highest BCUT2D eigenvalue weighted by Crippen LogP contribution is 2.27. The minimum Gasteiger partial charge on any atom is -0.344 e. The molecule has 3 N–H and O–H groups in total. The van der Waals surface area contributed by atoms with Gasteiger partial charge in [0.1, 0.15) is 10.6 Å². The zero-order valence-electron chi connectivity index (χ0n) is 11.0. The van der Waals surface area contributed by atoms with Crippen LogP contribution in [0.1, 0.15) is 10.5 Å². The van der Waals surface area contributed by atoms with E-state index in [0.717, 1.165) is 22.9 Å². The average Bonchev–Trinajstić information content (AvgIpc) is 2.68. The molecule has 11 heteroatoms. The lowest BCUT2D eigenvalue weighted by Gasteiger charge is -2.07. The molecule has 0 fully saturated rings. The van der Waals surface area contributed by atoms with Crippen LogP contribution in [-0.4, -0.2) is 23.9 Å². The predicted molar refractivity (Wildman–Crippen MR) is 73.9 cm³/mol. The molecular formula is C11H9ClF2N4O3S. The Kier molecular flexibility index (Phi) is 4.18. The summed E-state index contributed by atoms with van der Waals surface area (Å²) in [5, 5.41) is 6.68. The first-order valence-corrected chi connectivity index (χ1v) is 7.54. The Balaban J connectivity index is 2.41. The number of nitrogens with one attached hydrogen (secondary N) is 1. The number of nitrogens with two attached hydrogens (primary N) is 1. The molecule has 2 aromatic heterocycles. The van der Waals surface area contributed by atoms with E-state index in [1.54, 1.807) is 0 Å². The van der Waals surface area contributed by atoms with Gasteiger partial charge in [0.25, 0.3) is 5.91 Å². The van der Waals surface area contributed by atoms with Crippen molar-refractivity contribution in [2.75, 3.05) is 5.32 Å². The maximum absolute atomic E-state index is 13.4. The number of carbonyl (C=O) groups is 1. The van der Waals surface area contributed by atoms with Crippen LogP contribution in [-0.2, 0) is 17.1 Å². The van der Waals surface area contributed by atoms with E-state index in [9.17, 15) is 22.0 Å². The van der Waals surface area contributed by atoms with Crippen molar-refractivity contribution in [1.29, 1.82) is 0 Å². The Hall–Kier alpha value is -2.04. The van der Waals surface area contributed by atoms with E-state index >= 15 is 0 Å². The van der Waals surface area contributed by atoms with Gasteiger partial charge in [-0.1, -0.05) is 11.6 Å². The molecule has 22 heavy (non-hydrogen) atoms. The first-order valence-electron chi connectivity index (χ1n) is 5.62.